The molecule has 1 unspecified atom stereocenters. The second kappa shape index (κ2) is 10.00. The van der Waals surface area contributed by atoms with E-state index in [0.29, 0.717) is 29.6 Å². The van der Waals surface area contributed by atoms with Gasteiger partial charge in [-0.25, -0.2) is 9.67 Å². The van der Waals surface area contributed by atoms with Gasteiger partial charge in [-0.1, -0.05) is 41.9 Å². The number of nitrogens with zero attached hydrogens (tertiary/aromatic N) is 3. The second-order valence-corrected chi connectivity index (χ2v) is 6.99. The highest BCUT2D eigenvalue weighted by Crippen LogP contribution is 2.23. The molecule has 0 fully saturated rings. The summed E-state index contributed by atoms with van der Waals surface area (Å²) in [6.07, 6.45) is 1.94. The Morgan fingerprint density at radius 2 is 1.97 bits per heavy atom. The first-order valence-corrected chi connectivity index (χ1v) is 9.83. The fraction of sp³-hybridized carbons (Fsp3) is 0.238. The summed E-state index contributed by atoms with van der Waals surface area (Å²) >= 11 is 5.97. The largest absolute Gasteiger partial charge is 0.480 e. The molecule has 0 aliphatic rings. The van der Waals surface area contributed by atoms with Crippen molar-refractivity contribution in [1.82, 2.24) is 20.1 Å². The summed E-state index contributed by atoms with van der Waals surface area (Å²) in [6.45, 7) is 2.13. The monoisotopic (exact) mass is 427 g/mol. The zero-order valence-corrected chi connectivity index (χ0v) is 17.1. The van der Waals surface area contributed by atoms with Crippen LogP contribution in [0, 0.1) is 0 Å². The number of amides is 1. The lowest BCUT2D eigenvalue weighted by Gasteiger charge is -2.18. The number of aromatic nitrogens is 3. The van der Waals surface area contributed by atoms with Crippen LogP contribution in [0.1, 0.15) is 12.5 Å². The first kappa shape index (κ1) is 21.5. The summed E-state index contributed by atoms with van der Waals surface area (Å²) in [5, 5.41) is 19.5. The lowest BCUT2D eigenvalue weighted by atomic mass is 10.1. The van der Waals surface area contributed by atoms with E-state index >= 15 is 0 Å². The molecule has 156 valence electrons. The van der Waals surface area contributed by atoms with Crippen molar-refractivity contribution in [3.8, 4) is 11.3 Å². The second-order valence-electron chi connectivity index (χ2n) is 6.60. The molecule has 9 heteroatoms. The van der Waals surface area contributed by atoms with E-state index in [9.17, 15) is 9.59 Å². The number of aryl methyl sites for hydroxylation is 1. The Morgan fingerprint density at radius 1 is 1.20 bits per heavy atom. The molecule has 8 nitrogen and oxygen atoms in total. The van der Waals surface area contributed by atoms with Crippen LogP contribution in [-0.2, 0) is 22.6 Å². The van der Waals surface area contributed by atoms with E-state index in [-0.39, 0.29) is 12.5 Å². The molecule has 3 rings (SSSR count). The van der Waals surface area contributed by atoms with E-state index < -0.39 is 12.0 Å². The highest BCUT2D eigenvalue weighted by molar-refractivity contribution is 6.29. The van der Waals surface area contributed by atoms with Crippen LogP contribution in [0.25, 0.3) is 11.3 Å². The predicted molar refractivity (Wildman–Crippen MR) is 114 cm³/mol. The van der Waals surface area contributed by atoms with Crippen LogP contribution < -0.4 is 10.6 Å². The van der Waals surface area contributed by atoms with E-state index in [1.165, 1.54) is 0 Å². The van der Waals surface area contributed by atoms with Crippen molar-refractivity contribution in [2.24, 2.45) is 0 Å². The number of carboxylic acids is 1. The summed E-state index contributed by atoms with van der Waals surface area (Å²) in [5.41, 5.74) is 2.35. The van der Waals surface area contributed by atoms with Crippen molar-refractivity contribution in [1.29, 1.82) is 0 Å². The number of anilines is 1. The molecule has 0 bridgehead atoms. The van der Waals surface area contributed by atoms with E-state index in [4.69, 9.17) is 16.7 Å². The number of pyridine rings is 1. The van der Waals surface area contributed by atoms with Gasteiger partial charge in [0, 0.05) is 24.4 Å². The third-order valence-electron chi connectivity index (χ3n) is 4.45. The average molecular weight is 428 g/mol. The molecule has 0 aliphatic carbocycles. The minimum atomic E-state index is -1.03. The fourth-order valence-corrected chi connectivity index (χ4v) is 3.17. The van der Waals surface area contributed by atoms with Gasteiger partial charge >= 0.3 is 5.97 Å². The standard InChI is InChI=1S/C21H22ClN5O3/c1-2-27-19(12-16(26-27)15-8-9-23-18(22)11-15)25-21(30)17(24-13-20(28)29)10-14-6-4-3-5-7-14/h3-9,11-12,17,24H,2,10,13H2,1H3,(H,25,30)(H,28,29). The molecule has 3 N–H and O–H groups in total. The molecule has 30 heavy (non-hydrogen) atoms. The van der Waals surface area contributed by atoms with Gasteiger partial charge in [0.2, 0.25) is 5.91 Å². The predicted octanol–water partition coefficient (Wildman–Crippen LogP) is 2.84. The lowest BCUT2D eigenvalue weighted by Crippen LogP contribution is -2.44. The van der Waals surface area contributed by atoms with E-state index in [1.807, 2.05) is 37.3 Å². The van der Waals surface area contributed by atoms with Crippen LogP contribution in [-0.4, -0.2) is 44.3 Å². The number of aliphatic carboxylic acids is 1. The zero-order chi connectivity index (χ0) is 21.5. The van der Waals surface area contributed by atoms with Gasteiger partial charge in [-0.15, -0.1) is 0 Å². The van der Waals surface area contributed by atoms with Gasteiger partial charge in [0.25, 0.3) is 0 Å². The van der Waals surface area contributed by atoms with Crippen LogP contribution in [0.4, 0.5) is 5.82 Å². The van der Waals surface area contributed by atoms with Crippen LogP contribution in [0.3, 0.4) is 0 Å². The SMILES string of the molecule is CCn1nc(-c2ccnc(Cl)c2)cc1NC(=O)C(Cc1ccccc1)NCC(=O)O. The fourth-order valence-electron chi connectivity index (χ4n) is 2.99. The molecule has 2 aromatic heterocycles. The maximum Gasteiger partial charge on any atom is 0.317 e. The highest BCUT2D eigenvalue weighted by Gasteiger charge is 2.21. The van der Waals surface area contributed by atoms with Crippen molar-refractivity contribution >= 4 is 29.3 Å². The minimum absolute atomic E-state index is 0.321. The van der Waals surface area contributed by atoms with Gasteiger partial charge in [-0.3, -0.25) is 14.9 Å². The third-order valence-corrected chi connectivity index (χ3v) is 4.66. The molecular formula is C21H22ClN5O3. The van der Waals surface area contributed by atoms with Gasteiger partial charge in [0.15, 0.2) is 0 Å². The van der Waals surface area contributed by atoms with Gasteiger partial charge < -0.3 is 10.4 Å². The summed E-state index contributed by atoms with van der Waals surface area (Å²) in [7, 11) is 0. The molecule has 0 saturated carbocycles. The Kier molecular flexibility index (Phi) is 7.16. The maximum atomic E-state index is 13.0. The topological polar surface area (TPSA) is 109 Å². The number of rotatable bonds is 9. The Bertz CT molecular complexity index is 1020. The van der Waals surface area contributed by atoms with Crippen molar-refractivity contribution in [2.45, 2.75) is 25.9 Å². The summed E-state index contributed by atoms with van der Waals surface area (Å²) in [6, 6.07) is 13.9. The number of carbonyl (C=O) groups excluding carboxylic acids is 1. The molecule has 2 heterocycles. The molecule has 0 spiro atoms. The summed E-state index contributed by atoms with van der Waals surface area (Å²) in [5.74, 6) is -0.856. The van der Waals surface area contributed by atoms with Gasteiger partial charge in [-0.05, 0) is 31.0 Å². The zero-order valence-electron chi connectivity index (χ0n) is 16.4. The number of halogens is 1. The normalized spacial score (nSPS) is 11.8. The van der Waals surface area contributed by atoms with Crippen LogP contribution in [0.15, 0.2) is 54.7 Å². The van der Waals surface area contributed by atoms with Crippen LogP contribution in [0.5, 0.6) is 0 Å². The van der Waals surface area contributed by atoms with Crippen molar-refractivity contribution in [3.63, 3.8) is 0 Å². The highest BCUT2D eigenvalue weighted by atomic mass is 35.5. The Labute approximate surface area is 178 Å². The first-order chi connectivity index (χ1) is 14.5. The average Bonchev–Trinajstić information content (AvgIpc) is 3.14. The Hall–Kier alpha value is -3.23. The number of carboxylic acid groups (broad SMARTS) is 1. The molecule has 1 atom stereocenters. The molecule has 1 aromatic carbocycles. The maximum absolute atomic E-state index is 13.0. The Morgan fingerprint density at radius 3 is 2.63 bits per heavy atom. The van der Waals surface area contributed by atoms with Crippen LogP contribution >= 0.6 is 11.6 Å². The first-order valence-electron chi connectivity index (χ1n) is 9.46. The quantitative estimate of drug-likeness (QED) is 0.453. The molecule has 1 amide bonds. The number of carbonyl (C=O) groups is 2. The van der Waals surface area contributed by atoms with Gasteiger partial charge in [0.1, 0.15) is 11.0 Å². The smallest absolute Gasteiger partial charge is 0.317 e. The molecule has 0 aliphatic heterocycles. The summed E-state index contributed by atoms with van der Waals surface area (Å²) in [4.78, 5) is 27.9. The van der Waals surface area contributed by atoms with E-state index in [0.717, 1.165) is 11.1 Å². The van der Waals surface area contributed by atoms with E-state index in [2.05, 4.69) is 20.7 Å². The van der Waals surface area contributed by atoms with Crippen molar-refractivity contribution in [3.05, 3.63) is 65.4 Å². The third kappa shape index (κ3) is 5.65. The Balaban J connectivity index is 1.81. The van der Waals surface area contributed by atoms with Gasteiger partial charge in [-0.2, -0.15) is 5.10 Å². The molecular weight excluding hydrogens is 406 g/mol. The molecule has 3 aromatic rings. The minimum Gasteiger partial charge on any atom is -0.480 e. The van der Waals surface area contributed by atoms with Crippen LogP contribution in [0.2, 0.25) is 5.15 Å². The van der Waals surface area contributed by atoms with E-state index in [1.54, 1.807) is 29.1 Å². The van der Waals surface area contributed by atoms with Crippen molar-refractivity contribution in [2.75, 3.05) is 11.9 Å². The molecule has 0 radical (unpaired) electrons. The number of hydrogen-bond acceptors (Lipinski definition) is 5. The lowest BCUT2D eigenvalue weighted by molar-refractivity contribution is -0.136. The van der Waals surface area contributed by atoms with Gasteiger partial charge in [0.05, 0.1) is 18.3 Å². The number of hydrogen-bond donors (Lipinski definition) is 3. The molecule has 0 saturated heterocycles. The van der Waals surface area contributed by atoms with Crippen molar-refractivity contribution < 1.29 is 14.7 Å². The summed E-state index contributed by atoms with van der Waals surface area (Å²) < 4.78 is 1.67. The number of nitrogens with one attached hydrogen (secondary N) is 2. The number of benzene rings is 1.